The van der Waals surface area contributed by atoms with Gasteiger partial charge >= 0.3 is 0 Å². The maximum absolute atomic E-state index is 6.06. The van der Waals surface area contributed by atoms with Crippen LogP contribution < -0.4 is 5.32 Å². The van der Waals surface area contributed by atoms with E-state index < -0.39 is 0 Å². The molecule has 0 radical (unpaired) electrons. The molecule has 0 saturated heterocycles. The van der Waals surface area contributed by atoms with Gasteiger partial charge in [-0.2, -0.15) is 0 Å². The van der Waals surface area contributed by atoms with Crippen molar-refractivity contribution < 1.29 is 4.74 Å². The monoisotopic (exact) mass is 367 g/mol. The lowest BCUT2D eigenvalue weighted by molar-refractivity contribution is 0.202. The topological polar surface area (TPSA) is 21.3 Å². The number of hydrogen-bond acceptors (Lipinski definition) is 2. The molecule has 4 heteroatoms. The summed E-state index contributed by atoms with van der Waals surface area (Å²) in [7, 11) is 3.69. The molecule has 21 heavy (non-hydrogen) atoms. The molecule has 0 amide bonds. The molecule has 0 aromatic heterocycles. The van der Waals surface area contributed by atoms with E-state index in [0.717, 1.165) is 22.5 Å². The molecule has 0 aliphatic carbocycles. The van der Waals surface area contributed by atoms with Gasteiger partial charge in [0.2, 0.25) is 0 Å². The van der Waals surface area contributed by atoms with Crippen LogP contribution in [-0.2, 0) is 11.2 Å². The minimum atomic E-state index is 0.148. The van der Waals surface area contributed by atoms with E-state index in [4.69, 9.17) is 16.3 Å². The second-order valence-electron chi connectivity index (χ2n) is 4.88. The highest BCUT2D eigenvalue weighted by atomic mass is 79.9. The minimum absolute atomic E-state index is 0.148. The fourth-order valence-corrected chi connectivity index (χ4v) is 2.83. The fourth-order valence-electron chi connectivity index (χ4n) is 2.31. The van der Waals surface area contributed by atoms with Crippen molar-refractivity contribution in [3.8, 4) is 0 Å². The molecule has 2 aromatic carbocycles. The SMILES string of the molecule is CNC(c1ccc(CCOC)cc1)c1ccc(Cl)c(Br)c1. The molecule has 2 rings (SSSR count). The van der Waals surface area contributed by atoms with Crippen LogP contribution >= 0.6 is 27.5 Å². The molecule has 2 aromatic rings. The van der Waals surface area contributed by atoms with E-state index >= 15 is 0 Å². The second-order valence-corrected chi connectivity index (χ2v) is 6.14. The van der Waals surface area contributed by atoms with Gasteiger partial charge in [-0.25, -0.2) is 0 Å². The second kappa shape index (κ2) is 7.95. The van der Waals surface area contributed by atoms with E-state index in [2.05, 4.69) is 51.6 Å². The molecule has 2 nitrogen and oxygen atoms in total. The Bertz CT molecular complexity index is 586. The van der Waals surface area contributed by atoms with Crippen LogP contribution in [0.25, 0.3) is 0 Å². The first-order chi connectivity index (χ1) is 10.2. The number of nitrogens with one attached hydrogen (secondary N) is 1. The zero-order valence-electron chi connectivity index (χ0n) is 12.2. The molecular formula is C17H19BrClNO. The molecule has 0 aliphatic heterocycles. The third-order valence-corrected chi connectivity index (χ3v) is 4.69. The number of benzene rings is 2. The molecule has 0 saturated carbocycles. The third kappa shape index (κ3) is 4.30. The largest absolute Gasteiger partial charge is 0.384 e. The molecule has 1 atom stereocenters. The Morgan fingerprint density at radius 3 is 2.38 bits per heavy atom. The van der Waals surface area contributed by atoms with E-state index in [9.17, 15) is 0 Å². The van der Waals surface area contributed by atoms with Crippen molar-refractivity contribution in [2.45, 2.75) is 12.5 Å². The third-order valence-electron chi connectivity index (χ3n) is 3.47. The molecule has 1 unspecified atom stereocenters. The molecule has 0 fully saturated rings. The van der Waals surface area contributed by atoms with Crippen LogP contribution in [0.5, 0.6) is 0 Å². The van der Waals surface area contributed by atoms with Crippen LogP contribution in [0, 0.1) is 0 Å². The van der Waals surface area contributed by atoms with Crippen LogP contribution in [0.1, 0.15) is 22.7 Å². The van der Waals surface area contributed by atoms with Gasteiger partial charge in [-0.05, 0) is 58.2 Å². The van der Waals surface area contributed by atoms with Gasteiger partial charge in [0, 0.05) is 11.6 Å². The summed E-state index contributed by atoms with van der Waals surface area (Å²) in [5.74, 6) is 0. The summed E-state index contributed by atoms with van der Waals surface area (Å²) < 4.78 is 6.02. The van der Waals surface area contributed by atoms with E-state index in [1.807, 2.05) is 19.2 Å². The van der Waals surface area contributed by atoms with E-state index in [1.54, 1.807) is 7.11 Å². The lowest BCUT2D eigenvalue weighted by atomic mass is 9.97. The number of rotatable bonds is 6. The lowest BCUT2D eigenvalue weighted by Gasteiger charge is -2.18. The van der Waals surface area contributed by atoms with Crippen molar-refractivity contribution in [2.24, 2.45) is 0 Å². The maximum atomic E-state index is 6.06. The molecule has 0 aliphatic rings. The van der Waals surface area contributed by atoms with Gasteiger partial charge in [-0.1, -0.05) is 41.9 Å². The predicted octanol–water partition coefficient (Wildman–Crippen LogP) is 4.60. The van der Waals surface area contributed by atoms with Crippen molar-refractivity contribution >= 4 is 27.5 Å². The van der Waals surface area contributed by atoms with E-state index in [-0.39, 0.29) is 6.04 Å². The molecule has 0 spiro atoms. The van der Waals surface area contributed by atoms with Crippen molar-refractivity contribution in [1.82, 2.24) is 5.32 Å². The highest BCUT2D eigenvalue weighted by Gasteiger charge is 2.13. The molecule has 1 N–H and O–H groups in total. The summed E-state index contributed by atoms with van der Waals surface area (Å²) in [5.41, 5.74) is 3.69. The van der Waals surface area contributed by atoms with Gasteiger partial charge in [0.1, 0.15) is 0 Å². The van der Waals surface area contributed by atoms with Crippen LogP contribution in [0.3, 0.4) is 0 Å². The smallest absolute Gasteiger partial charge is 0.0574 e. The fraction of sp³-hybridized carbons (Fsp3) is 0.294. The quantitative estimate of drug-likeness (QED) is 0.804. The van der Waals surface area contributed by atoms with Crippen LogP contribution in [0.15, 0.2) is 46.9 Å². The van der Waals surface area contributed by atoms with Crippen LogP contribution in [0.2, 0.25) is 5.02 Å². The van der Waals surface area contributed by atoms with E-state index in [0.29, 0.717) is 0 Å². The highest BCUT2D eigenvalue weighted by molar-refractivity contribution is 9.10. The zero-order valence-corrected chi connectivity index (χ0v) is 14.5. The lowest BCUT2D eigenvalue weighted by Crippen LogP contribution is -2.17. The van der Waals surface area contributed by atoms with Gasteiger partial charge in [0.25, 0.3) is 0 Å². The highest BCUT2D eigenvalue weighted by Crippen LogP contribution is 2.29. The van der Waals surface area contributed by atoms with Crippen molar-refractivity contribution in [2.75, 3.05) is 20.8 Å². The number of ether oxygens (including phenoxy) is 1. The predicted molar refractivity (Wildman–Crippen MR) is 92.1 cm³/mol. The molecular weight excluding hydrogens is 350 g/mol. The Balaban J connectivity index is 2.22. The number of halogens is 2. The minimum Gasteiger partial charge on any atom is -0.384 e. The number of hydrogen-bond donors (Lipinski definition) is 1. The van der Waals surface area contributed by atoms with Crippen molar-refractivity contribution in [1.29, 1.82) is 0 Å². The zero-order chi connectivity index (χ0) is 15.2. The Hall–Kier alpha value is -0.870. The summed E-state index contributed by atoms with van der Waals surface area (Å²) in [6, 6.07) is 14.8. The molecule has 112 valence electrons. The summed E-state index contributed by atoms with van der Waals surface area (Å²) in [5, 5.41) is 4.08. The van der Waals surface area contributed by atoms with Crippen LogP contribution in [0.4, 0.5) is 0 Å². The standard InChI is InChI=1S/C17H19BrClNO/c1-20-17(14-7-8-16(19)15(18)11-14)13-5-3-12(4-6-13)9-10-21-2/h3-8,11,17,20H,9-10H2,1-2H3. The Labute approximate surface area is 139 Å². The van der Waals surface area contributed by atoms with Gasteiger partial charge in [0.15, 0.2) is 0 Å². The van der Waals surface area contributed by atoms with Gasteiger partial charge < -0.3 is 10.1 Å². The normalized spacial score (nSPS) is 12.4. The first-order valence-electron chi connectivity index (χ1n) is 6.85. The van der Waals surface area contributed by atoms with Gasteiger partial charge in [-0.15, -0.1) is 0 Å². The summed E-state index contributed by atoms with van der Waals surface area (Å²) in [4.78, 5) is 0. The molecule has 0 heterocycles. The summed E-state index contributed by atoms with van der Waals surface area (Å²) >= 11 is 9.55. The maximum Gasteiger partial charge on any atom is 0.0574 e. The Morgan fingerprint density at radius 1 is 1.14 bits per heavy atom. The van der Waals surface area contributed by atoms with Crippen molar-refractivity contribution in [3.05, 3.63) is 68.7 Å². The number of methoxy groups -OCH3 is 1. The molecule has 0 bridgehead atoms. The Morgan fingerprint density at radius 2 is 1.81 bits per heavy atom. The van der Waals surface area contributed by atoms with Crippen molar-refractivity contribution in [3.63, 3.8) is 0 Å². The van der Waals surface area contributed by atoms with Crippen LogP contribution in [-0.4, -0.2) is 20.8 Å². The van der Waals surface area contributed by atoms with Gasteiger partial charge in [-0.3, -0.25) is 0 Å². The average molecular weight is 369 g/mol. The average Bonchev–Trinajstić information content (AvgIpc) is 2.50. The Kier molecular flexibility index (Phi) is 6.24. The first-order valence-corrected chi connectivity index (χ1v) is 8.02. The first kappa shape index (κ1) is 16.5. The summed E-state index contributed by atoms with van der Waals surface area (Å²) in [6.45, 7) is 0.749. The van der Waals surface area contributed by atoms with E-state index in [1.165, 1.54) is 16.7 Å². The summed E-state index contributed by atoms with van der Waals surface area (Å²) in [6.07, 6.45) is 0.938. The van der Waals surface area contributed by atoms with Gasteiger partial charge in [0.05, 0.1) is 17.7 Å².